The zero-order chi connectivity index (χ0) is 15.8. The number of rotatable bonds is 5. The van der Waals surface area contributed by atoms with Crippen molar-refractivity contribution in [1.29, 1.82) is 0 Å². The van der Waals surface area contributed by atoms with Crippen molar-refractivity contribution in [3.8, 4) is 0 Å². The minimum absolute atomic E-state index is 0.696. The molecule has 120 valence electrons. The Bertz CT molecular complexity index is 817. The third kappa shape index (κ3) is 2.74. The zero-order valence-electron chi connectivity index (χ0n) is 13.4. The molecule has 1 aromatic carbocycles. The number of aromatic nitrogens is 3. The van der Waals surface area contributed by atoms with Crippen molar-refractivity contribution < 1.29 is 0 Å². The third-order valence-electron chi connectivity index (χ3n) is 4.39. The topological polar surface area (TPSA) is 34.0 Å². The Morgan fingerprint density at radius 1 is 1.35 bits per heavy atom. The van der Waals surface area contributed by atoms with E-state index in [-0.39, 0.29) is 0 Å². The Morgan fingerprint density at radius 3 is 3.00 bits per heavy atom. The van der Waals surface area contributed by atoms with Gasteiger partial charge >= 0.3 is 0 Å². The van der Waals surface area contributed by atoms with E-state index in [1.54, 1.807) is 11.8 Å². The Hall–Kier alpha value is -1.53. The molecule has 0 atom stereocenters. The predicted octanol–water partition coefficient (Wildman–Crippen LogP) is 3.91. The lowest BCUT2D eigenvalue weighted by molar-refractivity contribution is 0.353. The lowest BCUT2D eigenvalue weighted by Crippen LogP contribution is -2.48. The van der Waals surface area contributed by atoms with Crippen LogP contribution in [0.25, 0.3) is 10.2 Å². The van der Waals surface area contributed by atoms with Crippen LogP contribution in [-0.4, -0.2) is 33.9 Å². The maximum absolute atomic E-state index is 4.88. The molecule has 0 bridgehead atoms. The maximum atomic E-state index is 4.88. The van der Waals surface area contributed by atoms with Crippen LogP contribution in [0.2, 0.25) is 0 Å². The SMILES string of the molecule is CCc1nccn1CC1CN(c2nc3c(SC)cccc3s2)C1. The molecule has 1 saturated heterocycles. The van der Waals surface area contributed by atoms with Gasteiger partial charge in [0.1, 0.15) is 5.82 Å². The highest BCUT2D eigenvalue weighted by Crippen LogP contribution is 2.36. The number of benzene rings is 1. The van der Waals surface area contributed by atoms with Gasteiger partial charge in [0.2, 0.25) is 0 Å². The van der Waals surface area contributed by atoms with Crippen LogP contribution in [0.1, 0.15) is 12.7 Å². The molecule has 3 heterocycles. The van der Waals surface area contributed by atoms with E-state index >= 15 is 0 Å². The summed E-state index contributed by atoms with van der Waals surface area (Å²) in [6, 6.07) is 6.45. The second-order valence-corrected chi connectivity index (χ2v) is 7.78. The van der Waals surface area contributed by atoms with E-state index < -0.39 is 0 Å². The number of hydrogen-bond donors (Lipinski definition) is 0. The number of anilines is 1. The van der Waals surface area contributed by atoms with E-state index in [2.05, 4.69) is 52.0 Å². The number of fused-ring (bicyclic) bond motifs is 1. The molecule has 0 unspecified atom stereocenters. The highest BCUT2D eigenvalue weighted by molar-refractivity contribution is 7.98. The van der Waals surface area contributed by atoms with Crippen molar-refractivity contribution in [2.75, 3.05) is 24.2 Å². The largest absolute Gasteiger partial charge is 0.347 e. The molecule has 0 aliphatic carbocycles. The summed E-state index contributed by atoms with van der Waals surface area (Å²) in [6.07, 6.45) is 7.12. The van der Waals surface area contributed by atoms with Gasteiger partial charge in [-0.15, -0.1) is 11.8 Å². The van der Waals surface area contributed by atoms with Crippen LogP contribution in [-0.2, 0) is 13.0 Å². The van der Waals surface area contributed by atoms with Crippen LogP contribution in [0.5, 0.6) is 0 Å². The summed E-state index contributed by atoms with van der Waals surface area (Å²) in [4.78, 5) is 13.0. The summed E-state index contributed by atoms with van der Waals surface area (Å²) in [6.45, 7) is 5.42. The fourth-order valence-electron chi connectivity index (χ4n) is 3.15. The fourth-order valence-corrected chi connectivity index (χ4v) is 4.79. The van der Waals surface area contributed by atoms with Crippen LogP contribution < -0.4 is 4.90 Å². The highest BCUT2D eigenvalue weighted by Gasteiger charge is 2.29. The van der Waals surface area contributed by atoms with Crippen LogP contribution >= 0.6 is 23.1 Å². The molecule has 0 N–H and O–H groups in total. The molecule has 1 aliphatic heterocycles. The molecule has 0 saturated carbocycles. The molecule has 4 nitrogen and oxygen atoms in total. The van der Waals surface area contributed by atoms with Gasteiger partial charge in [0.25, 0.3) is 0 Å². The molecule has 6 heteroatoms. The Labute approximate surface area is 144 Å². The Balaban J connectivity index is 1.46. The molecule has 4 rings (SSSR count). The van der Waals surface area contributed by atoms with Crippen LogP contribution in [0.4, 0.5) is 5.13 Å². The average molecular weight is 345 g/mol. The Morgan fingerprint density at radius 2 is 2.22 bits per heavy atom. The third-order valence-corrected chi connectivity index (χ3v) is 6.24. The summed E-state index contributed by atoms with van der Waals surface area (Å²) in [7, 11) is 0. The monoisotopic (exact) mass is 344 g/mol. The lowest BCUT2D eigenvalue weighted by Gasteiger charge is -2.39. The number of imidazole rings is 1. The standard InChI is InChI=1S/C17H20N4S2/c1-3-15-18-7-8-20(15)9-12-10-21(11-12)17-19-16-13(22-2)5-4-6-14(16)23-17/h4-8,12H,3,9-11H2,1-2H3. The minimum Gasteiger partial charge on any atom is -0.347 e. The fraction of sp³-hybridized carbons (Fsp3) is 0.412. The van der Waals surface area contributed by atoms with Gasteiger partial charge in [0.05, 0.1) is 10.2 Å². The van der Waals surface area contributed by atoms with E-state index in [4.69, 9.17) is 4.98 Å². The first-order valence-corrected chi connectivity index (χ1v) is 10.0. The number of hydrogen-bond acceptors (Lipinski definition) is 5. The summed E-state index contributed by atoms with van der Waals surface area (Å²) in [5.74, 6) is 1.88. The zero-order valence-corrected chi connectivity index (χ0v) is 15.0. The van der Waals surface area contributed by atoms with Gasteiger partial charge in [-0.1, -0.05) is 24.3 Å². The molecule has 2 aromatic heterocycles. The van der Waals surface area contributed by atoms with E-state index in [0.717, 1.165) is 31.6 Å². The molecule has 1 fully saturated rings. The van der Waals surface area contributed by atoms with Crippen LogP contribution in [0.3, 0.4) is 0 Å². The van der Waals surface area contributed by atoms with Crippen LogP contribution in [0, 0.1) is 5.92 Å². The van der Waals surface area contributed by atoms with Crippen molar-refractivity contribution in [1.82, 2.24) is 14.5 Å². The first-order chi connectivity index (χ1) is 11.3. The molecule has 0 spiro atoms. The van der Waals surface area contributed by atoms with E-state index in [0.29, 0.717) is 5.92 Å². The number of nitrogens with zero attached hydrogens (tertiary/aromatic N) is 4. The molecule has 1 aliphatic rings. The summed E-state index contributed by atoms with van der Waals surface area (Å²) in [5.41, 5.74) is 1.16. The number of thiazole rings is 1. The summed E-state index contributed by atoms with van der Waals surface area (Å²) < 4.78 is 3.59. The van der Waals surface area contributed by atoms with Crippen molar-refractivity contribution in [3.63, 3.8) is 0 Å². The van der Waals surface area contributed by atoms with Gasteiger partial charge in [0.15, 0.2) is 5.13 Å². The predicted molar refractivity (Wildman–Crippen MR) is 98.7 cm³/mol. The van der Waals surface area contributed by atoms with Gasteiger partial charge in [-0.2, -0.15) is 0 Å². The molecular weight excluding hydrogens is 324 g/mol. The van der Waals surface area contributed by atoms with Crippen molar-refractivity contribution in [2.45, 2.75) is 24.8 Å². The molecular formula is C17H20N4S2. The minimum atomic E-state index is 0.696. The van der Waals surface area contributed by atoms with Crippen molar-refractivity contribution >= 4 is 38.4 Å². The average Bonchev–Trinajstić information content (AvgIpc) is 3.15. The molecule has 23 heavy (non-hydrogen) atoms. The molecule has 0 amide bonds. The smallest absolute Gasteiger partial charge is 0.186 e. The van der Waals surface area contributed by atoms with E-state index in [1.807, 2.05) is 17.5 Å². The second-order valence-electron chi connectivity index (χ2n) is 5.92. The Kier molecular flexibility index (Phi) is 4.03. The summed E-state index contributed by atoms with van der Waals surface area (Å²) >= 11 is 3.58. The van der Waals surface area contributed by atoms with Gasteiger partial charge in [-0.05, 0) is 18.4 Å². The number of thioether (sulfide) groups is 1. The molecule has 3 aromatic rings. The van der Waals surface area contributed by atoms with Gasteiger partial charge in [-0.25, -0.2) is 9.97 Å². The first-order valence-electron chi connectivity index (χ1n) is 7.97. The first kappa shape index (κ1) is 15.0. The van der Waals surface area contributed by atoms with Crippen molar-refractivity contribution in [2.24, 2.45) is 5.92 Å². The normalized spacial score (nSPS) is 15.3. The van der Waals surface area contributed by atoms with Crippen LogP contribution in [0.15, 0.2) is 35.5 Å². The van der Waals surface area contributed by atoms with Gasteiger partial charge < -0.3 is 9.47 Å². The van der Waals surface area contributed by atoms with E-state index in [1.165, 1.54) is 20.6 Å². The van der Waals surface area contributed by atoms with Crippen molar-refractivity contribution in [3.05, 3.63) is 36.4 Å². The molecule has 0 radical (unpaired) electrons. The second kappa shape index (κ2) is 6.17. The van der Waals surface area contributed by atoms with Gasteiger partial charge in [-0.3, -0.25) is 0 Å². The quantitative estimate of drug-likeness (QED) is 0.657. The van der Waals surface area contributed by atoms with Gasteiger partial charge in [0, 0.05) is 49.3 Å². The lowest BCUT2D eigenvalue weighted by atomic mass is 10.0. The summed E-state index contributed by atoms with van der Waals surface area (Å²) in [5, 5.41) is 1.17. The maximum Gasteiger partial charge on any atom is 0.186 e. The highest BCUT2D eigenvalue weighted by atomic mass is 32.2. The number of aryl methyl sites for hydroxylation is 1. The number of para-hydroxylation sites is 1. The van der Waals surface area contributed by atoms with E-state index in [9.17, 15) is 0 Å².